The van der Waals surface area contributed by atoms with Gasteiger partial charge in [0.1, 0.15) is 18.3 Å². The minimum absolute atomic E-state index is 0.151. The van der Waals surface area contributed by atoms with E-state index in [-0.39, 0.29) is 12.5 Å². The number of carbonyl (C=O) groups is 2. The Morgan fingerprint density at radius 1 is 1.42 bits per heavy atom. The molecule has 2 rings (SSSR count). The van der Waals surface area contributed by atoms with Crippen LogP contribution in [0.5, 0.6) is 0 Å². The molecule has 0 spiro atoms. The molecule has 2 atom stereocenters. The summed E-state index contributed by atoms with van der Waals surface area (Å²) in [6, 6.07) is 5.20. The lowest BCUT2D eigenvalue weighted by molar-refractivity contribution is -0.155. The number of nitrogens with zero attached hydrogens (tertiary/aromatic N) is 1. The average molecular weight is 400 g/mol. The lowest BCUT2D eigenvalue weighted by atomic mass is 9.92. The van der Waals surface area contributed by atoms with Gasteiger partial charge in [0.15, 0.2) is 0 Å². The quantitative estimate of drug-likeness (QED) is 0.722. The van der Waals surface area contributed by atoms with Gasteiger partial charge in [0.05, 0.1) is 0 Å². The molecule has 1 aromatic rings. The summed E-state index contributed by atoms with van der Waals surface area (Å²) in [5.74, 6) is -0.790. The molecule has 1 aromatic carbocycles. The Bertz CT molecular complexity index is 671. The molecular formula is C18H23BrFNO3. The minimum atomic E-state index is -0.950. The Hall–Kier alpha value is -1.43. The molecule has 1 aliphatic rings. The normalized spacial score (nSPS) is 22.9. The largest absolute Gasteiger partial charge is 0.459 e. The molecule has 1 fully saturated rings. The molecule has 6 heteroatoms. The predicted molar refractivity (Wildman–Crippen MR) is 93.8 cm³/mol. The topological polar surface area (TPSA) is 46.6 Å². The minimum Gasteiger partial charge on any atom is -0.459 e. The first kappa shape index (κ1) is 18.9. The van der Waals surface area contributed by atoms with Gasteiger partial charge in [-0.1, -0.05) is 22.9 Å². The predicted octanol–water partition coefficient (Wildman–Crippen LogP) is 3.86. The van der Waals surface area contributed by atoms with Crippen LogP contribution in [0.15, 0.2) is 22.7 Å². The van der Waals surface area contributed by atoms with Crippen molar-refractivity contribution in [2.45, 2.75) is 51.3 Å². The van der Waals surface area contributed by atoms with Crippen LogP contribution in [0.25, 0.3) is 0 Å². The van der Waals surface area contributed by atoms with E-state index in [9.17, 15) is 14.0 Å². The molecule has 24 heavy (non-hydrogen) atoms. The van der Waals surface area contributed by atoms with Crippen molar-refractivity contribution in [3.63, 3.8) is 0 Å². The Morgan fingerprint density at radius 3 is 2.50 bits per heavy atom. The van der Waals surface area contributed by atoms with Gasteiger partial charge < -0.3 is 9.64 Å². The van der Waals surface area contributed by atoms with Crippen LogP contribution in [0, 0.1) is 0 Å². The lowest BCUT2D eigenvalue weighted by Gasteiger charge is -2.24. The summed E-state index contributed by atoms with van der Waals surface area (Å²) in [6.45, 7) is 6.98. The van der Waals surface area contributed by atoms with Crippen LogP contribution in [0.2, 0.25) is 0 Å². The van der Waals surface area contributed by atoms with E-state index in [1.165, 1.54) is 4.90 Å². The number of carbonyl (C=O) groups excluding carboxylic acids is 2. The molecule has 0 saturated heterocycles. The molecule has 132 valence electrons. The molecule has 0 N–H and O–H groups in total. The van der Waals surface area contributed by atoms with Crippen molar-refractivity contribution in [1.82, 2.24) is 4.90 Å². The third-order valence-electron chi connectivity index (χ3n) is 4.09. The summed E-state index contributed by atoms with van der Waals surface area (Å²) in [5.41, 5.74) is -0.147. The molecule has 1 aliphatic carbocycles. The summed E-state index contributed by atoms with van der Waals surface area (Å²) in [4.78, 5) is 26.0. The number of hydrogen-bond acceptors (Lipinski definition) is 3. The van der Waals surface area contributed by atoms with E-state index in [2.05, 4.69) is 15.9 Å². The van der Waals surface area contributed by atoms with E-state index >= 15 is 0 Å². The maximum absolute atomic E-state index is 13.8. The van der Waals surface area contributed by atoms with Crippen molar-refractivity contribution in [2.24, 2.45) is 0 Å². The summed E-state index contributed by atoms with van der Waals surface area (Å²) in [7, 11) is 1.54. The van der Waals surface area contributed by atoms with Gasteiger partial charge in [-0.3, -0.25) is 9.59 Å². The van der Waals surface area contributed by atoms with Crippen molar-refractivity contribution in [2.75, 3.05) is 13.6 Å². The van der Waals surface area contributed by atoms with Crippen LogP contribution in [-0.2, 0) is 14.9 Å². The standard InChI is InChI=1S/C18H23BrFNO3/c1-17(2,3)24-15(22)10-21(5)16(23)12-7-6-11(19)8-13(12)18(4)9-14(18)20/h6-8,14H,9-10H2,1-5H3/t14-,18+/m1/s1. The Balaban J connectivity index is 2.19. The molecule has 0 bridgehead atoms. The molecule has 0 unspecified atom stereocenters. The van der Waals surface area contributed by atoms with Gasteiger partial charge in [-0.2, -0.15) is 0 Å². The second-order valence-electron chi connectivity index (χ2n) is 7.53. The highest BCUT2D eigenvalue weighted by Crippen LogP contribution is 2.52. The van der Waals surface area contributed by atoms with Crippen molar-refractivity contribution in [3.05, 3.63) is 33.8 Å². The van der Waals surface area contributed by atoms with Crippen LogP contribution >= 0.6 is 15.9 Å². The molecule has 1 saturated carbocycles. The smallest absolute Gasteiger partial charge is 0.326 e. The first-order valence-corrected chi connectivity index (χ1v) is 8.65. The van der Waals surface area contributed by atoms with Gasteiger partial charge in [-0.25, -0.2) is 4.39 Å². The van der Waals surface area contributed by atoms with Gasteiger partial charge in [0.2, 0.25) is 0 Å². The lowest BCUT2D eigenvalue weighted by Crippen LogP contribution is -2.36. The van der Waals surface area contributed by atoms with Crippen LogP contribution in [0.3, 0.4) is 0 Å². The van der Waals surface area contributed by atoms with E-state index < -0.39 is 23.2 Å². The highest BCUT2D eigenvalue weighted by Gasteiger charge is 2.53. The van der Waals surface area contributed by atoms with Gasteiger partial charge >= 0.3 is 5.97 Å². The Labute approximate surface area is 150 Å². The maximum atomic E-state index is 13.8. The van der Waals surface area contributed by atoms with E-state index in [0.717, 1.165) is 4.47 Å². The molecule has 0 aliphatic heterocycles. The first-order valence-electron chi connectivity index (χ1n) is 7.85. The SMILES string of the molecule is CN(CC(=O)OC(C)(C)C)C(=O)c1ccc(Br)cc1[C@]1(C)C[C@H]1F. The average Bonchev–Trinajstić information content (AvgIpc) is 3.04. The number of esters is 1. The number of alkyl halides is 1. The Kier molecular flexibility index (Phi) is 5.09. The summed E-state index contributed by atoms with van der Waals surface area (Å²) < 4.78 is 19.8. The monoisotopic (exact) mass is 399 g/mol. The van der Waals surface area contributed by atoms with Crippen LogP contribution in [-0.4, -0.2) is 42.1 Å². The molecule has 4 nitrogen and oxygen atoms in total. The number of ether oxygens (including phenoxy) is 1. The molecular weight excluding hydrogens is 377 g/mol. The number of rotatable bonds is 4. The fraction of sp³-hybridized carbons (Fsp3) is 0.556. The van der Waals surface area contributed by atoms with Crippen molar-refractivity contribution in [3.8, 4) is 0 Å². The fourth-order valence-corrected chi connectivity index (χ4v) is 2.97. The zero-order valence-corrected chi connectivity index (χ0v) is 16.2. The van der Waals surface area contributed by atoms with E-state index in [0.29, 0.717) is 17.5 Å². The molecule has 0 aromatic heterocycles. The van der Waals surface area contributed by atoms with E-state index in [1.54, 1.807) is 46.0 Å². The Morgan fingerprint density at radius 2 is 2.00 bits per heavy atom. The third-order valence-corrected chi connectivity index (χ3v) is 4.59. The second kappa shape index (κ2) is 6.47. The van der Waals surface area contributed by atoms with Gasteiger partial charge in [-0.15, -0.1) is 0 Å². The number of halogens is 2. The van der Waals surface area contributed by atoms with Crippen molar-refractivity contribution >= 4 is 27.8 Å². The first-order chi connectivity index (χ1) is 10.9. The van der Waals surface area contributed by atoms with Crippen molar-refractivity contribution in [1.29, 1.82) is 0 Å². The molecule has 0 heterocycles. The van der Waals surface area contributed by atoms with Crippen LogP contribution in [0.1, 0.15) is 50.0 Å². The fourth-order valence-electron chi connectivity index (χ4n) is 2.61. The van der Waals surface area contributed by atoms with Gasteiger partial charge in [0.25, 0.3) is 5.91 Å². The van der Waals surface area contributed by atoms with E-state index in [4.69, 9.17) is 4.74 Å². The van der Waals surface area contributed by atoms with Crippen LogP contribution in [0.4, 0.5) is 4.39 Å². The van der Waals surface area contributed by atoms with Gasteiger partial charge in [0, 0.05) is 22.5 Å². The van der Waals surface area contributed by atoms with Gasteiger partial charge in [-0.05, 0) is 51.0 Å². The highest BCUT2D eigenvalue weighted by molar-refractivity contribution is 9.10. The van der Waals surface area contributed by atoms with E-state index in [1.807, 2.05) is 6.92 Å². The molecule has 1 amide bonds. The zero-order valence-electron chi connectivity index (χ0n) is 14.7. The maximum Gasteiger partial charge on any atom is 0.326 e. The molecule has 0 radical (unpaired) electrons. The number of benzene rings is 1. The number of amides is 1. The van der Waals surface area contributed by atoms with Crippen molar-refractivity contribution < 1.29 is 18.7 Å². The number of hydrogen-bond donors (Lipinski definition) is 0. The third kappa shape index (κ3) is 4.15. The zero-order chi connectivity index (χ0) is 18.3. The summed E-state index contributed by atoms with van der Waals surface area (Å²) in [5, 5.41) is 0. The summed E-state index contributed by atoms with van der Waals surface area (Å²) in [6.07, 6.45) is -0.547. The summed E-state index contributed by atoms with van der Waals surface area (Å²) >= 11 is 3.37. The second-order valence-corrected chi connectivity index (χ2v) is 8.44. The highest BCUT2D eigenvalue weighted by atomic mass is 79.9. The van der Waals surface area contributed by atoms with Crippen LogP contribution < -0.4 is 0 Å². The number of likely N-dealkylation sites (N-methyl/N-ethyl adjacent to an activating group) is 1.